The van der Waals surface area contributed by atoms with Crippen molar-refractivity contribution in [3.8, 4) is 0 Å². The van der Waals surface area contributed by atoms with Crippen LogP contribution in [0.5, 0.6) is 0 Å². The molecule has 1 aliphatic heterocycles. The minimum atomic E-state index is -5.01. The Morgan fingerprint density at radius 1 is 1.21 bits per heavy atom. The lowest BCUT2D eigenvalue weighted by atomic mass is 9.84. The van der Waals surface area contributed by atoms with E-state index in [2.05, 4.69) is 0 Å². The number of alkyl halides is 3. The molecule has 0 saturated carbocycles. The Bertz CT molecular complexity index is 795. The number of anilines is 1. The minimum Gasteiger partial charge on any atom is -0.374 e. The fourth-order valence-corrected chi connectivity index (χ4v) is 3.22. The molecule has 8 heteroatoms. The zero-order chi connectivity index (χ0) is 17.7. The van der Waals surface area contributed by atoms with Crippen LogP contribution >= 0.6 is 0 Å². The number of likely N-dealkylation sites (N-methyl/N-ethyl adjacent to an activating group) is 1. The molecule has 0 saturated heterocycles. The summed E-state index contributed by atoms with van der Waals surface area (Å²) in [4.78, 5) is 11.4. The zero-order valence-electron chi connectivity index (χ0n) is 12.5. The molecule has 3 rings (SSSR count). The first-order valence-electron chi connectivity index (χ1n) is 7.03. The first-order valence-corrected chi connectivity index (χ1v) is 7.03. The van der Waals surface area contributed by atoms with Crippen molar-refractivity contribution >= 4 is 11.4 Å². The average Bonchev–Trinajstić information content (AvgIpc) is 2.76. The number of benzene rings is 2. The molecule has 2 aromatic carbocycles. The first kappa shape index (κ1) is 16.3. The Balaban J connectivity index is 2.28. The first-order chi connectivity index (χ1) is 11.2. The smallest absolute Gasteiger partial charge is 0.374 e. The summed E-state index contributed by atoms with van der Waals surface area (Å²) >= 11 is 0. The molecule has 126 valence electrons. The van der Waals surface area contributed by atoms with Crippen LogP contribution in [0.15, 0.2) is 48.5 Å². The van der Waals surface area contributed by atoms with Crippen LogP contribution in [-0.4, -0.2) is 23.3 Å². The monoisotopic (exact) mass is 338 g/mol. The van der Waals surface area contributed by atoms with Gasteiger partial charge in [-0.05, 0) is 11.6 Å². The van der Waals surface area contributed by atoms with E-state index in [1.165, 1.54) is 30.1 Å². The summed E-state index contributed by atoms with van der Waals surface area (Å²) in [5, 5.41) is 21.6. The van der Waals surface area contributed by atoms with Gasteiger partial charge in [-0.1, -0.05) is 30.3 Å². The average molecular weight is 338 g/mol. The molecule has 0 amide bonds. The van der Waals surface area contributed by atoms with Crippen molar-refractivity contribution in [2.24, 2.45) is 0 Å². The van der Waals surface area contributed by atoms with Gasteiger partial charge in [0.25, 0.3) is 5.69 Å². The fraction of sp³-hybridized carbons (Fsp3) is 0.250. The quantitative estimate of drug-likeness (QED) is 0.672. The van der Waals surface area contributed by atoms with Gasteiger partial charge < -0.3 is 10.0 Å². The van der Waals surface area contributed by atoms with Crippen LogP contribution in [-0.2, 0) is 5.60 Å². The molecular formula is C16H13F3N2O3. The molecule has 0 aromatic heterocycles. The van der Waals surface area contributed by atoms with Crippen molar-refractivity contribution in [1.29, 1.82) is 0 Å². The number of aliphatic hydroxyl groups is 1. The van der Waals surface area contributed by atoms with Gasteiger partial charge in [0.15, 0.2) is 0 Å². The lowest BCUT2D eigenvalue weighted by molar-refractivity contribution is -0.385. The van der Waals surface area contributed by atoms with Gasteiger partial charge >= 0.3 is 6.18 Å². The Kier molecular flexibility index (Phi) is 3.52. The largest absolute Gasteiger partial charge is 0.423 e. The van der Waals surface area contributed by atoms with Gasteiger partial charge in [-0.15, -0.1) is 0 Å². The second-order valence-corrected chi connectivity index (χ2v) is 5.65. The number of nitro groups is 1. The van der Waals surface area contributed by atoms with Crippen molar-refractivity contribution < 1.29 is 23.2 Å². The summed E-state index contributed by atoms with van der Waals surface area (Å²) in [5.41, 5.74) is -3.89. The maximum atomic E-state index is 13.8. The van der Waals surface area contributed by atoms with Gasteiger partial charge in [-0.2, -0.15) is 13.2 Å². The zero-order valence-corrected chi connectivity index (χ0v) is 12.5. The van der Waals surface area contributed by atoms with E-state index in [-0.39, 0.29) is 11.3 Å². The SMILES string of the molecule is CN1c2ccc([N+](=O)[O-])cc2[C@@](O)(C(F)(F)F)[C@H]1c1ccccc1. The predicted molar refractivity (Wildman–Crippen MR) is 80.6 cm³/mol. The molecular weight excluding hydrogens is 325 g/mol. The number of rotatable bonds is 2. The van der Waals surface area contributed by atoms with E-state index in [0.717, 1.165) is 12.1 Å². The molecule has 0 unspecified atom stereocenters. The maximum Gasteiger partial charge on any atom is 0.423 e. The Morgan fingerprint density at radius 2 is 1.83 bits per heavy atom. The standard InChI is InChI=1S/C16H13F3N2O3/c1-20-13-8-7-11(21(23)24)9-12(13)15(22,16(17,18)19)14(20)10-5-3-2-4-6-10/h2-9,14,22H,1H3/t14-,15+/m1/s1. The van der Waals surface area contributed by atoms with E-state index in [1.54, 1.807) is 18.2 Å². The summed E-state index contributed by atoms with van der Waals surface area (Å²) in [5.74, 6) is 0. The van der Waals surface area contributed by atoms with Crippen molar-refractivity contribution in [3.05, 3.63) is 69.8 Å². The predicted octanol–water partition coefficient (Wildman–Crippen LogP) is 3.54. The summed E-state index contributed by atoms with van der Waals surface area (Å²) in [6.45, 7) is 0. The van der Waals surface area contributed by atoms with E-state index in [4.69, 9.17) is 0 Å². The molecule has 1 N–H and O–H groups in total. The summed E-state index contributed by atoms with van der Waals surface area (Å²) in [6.07, 6.45) is -5.01. The van der Waals surface area contributed by atoms with Crippen molar-refractivity contribution in [2.75, 3.05) is 11.9 Å². The fourth-order valence-electron chi connectivity index (χ4n) is 3.22. The molecule has 0 spiro atoms. The normalized spacial score (nSPS) is 23.2. The molecule has 5 nitrogen and oxygen atoms in total. The number of fused-ring (bicyclic) bond motifs is 1. The third-order valence-corrected chi connectivity index (χ3v) is 4.31. The van der Waals surface area contributed by atoms with Crippen LogP contribution < -0.4 is 4.90 Å². The lowest BCUT2D eigenvalue weighted by Gasteiger charge is -2.35. The Labute approximate surface area is 135 Å². The van der Waals surface area contributed by atoms with Crippen LogP contribution in [0.25, 0.3) is 0 Å². The van der Waals surface area contributed by atoms with Gasteiger partial charge in [-0.3, -0.25) is 10.1 Å². The topological polar surface area (TPSA) is 66.6 Å². The molecule has 2 aromatic rings. The van der Waals surface area contributed by atoms with E-state index in [1.807, 2.05) is 0 Å². The second kappa shape index (κ2) is 5.20. The van der Waals surface area contributed by atoms with Crippen LogP contribution in [0.2, 0.25) is 0 Å². The number of nitrogens with zero attached hydrogens (tertiary/aromatic N) is 2. The summed E-state index contributed by atoms with van der Waals surface area (Å²) in [7, 11) is 1.42. The van der Waals surface area contributed by atoms with E-state index < -0.39 is 34.0 Å². The lowest BCUT2D eigenvalue weighted by Crippen LogP contribution is -2.47. The van der Waals surface area contributed by atoms with Gasteiger partial charge in [0.1, 0.15) is 0 Å². The Hall–Kier alpha value is -2.61. The highest BCUT2D eigenvalue weighted by Crippen LogP contribution is 2.58. The highest BCUT2D eigenvalue weighted by Gasteiger charge is 2.66. The molecule has 0 fully saturated rings. The molecule has 2 atom stereocenters. The molecule has 24 heavy (non-hydrogen) atoms. The van der Waals surface area contributed by atoms with Crippen molar-refractivity contribution in [3.63, 3.8) is 0 Å². The molecule has 1 aliphatic rings. The van der Waals surface area contributed by atoms with E-state index in [9.17, 15) is 28.4 Å². The molecule has 0 bridgehead atoms. The third kappa shape index (κ3) is 2.14. The van der Waals surface area contributed by atoms with Crippen LogP contribution in [0, 0.1) is 10.1 Å². The van der Waals surface area contributed by atoms with Gasteiger partial charge in [0.2, 0.25) is 5.60 Å². The van der Waals surface area contributed by atoms with Crippen molar-refractivity contribution in [1.82, 2.24) is 0 Å². The third-order valence-electron chi connectivity index (χ3n) is 4.31. The second-order valence-electron chi connectivity index (χ2n) is 5.65. The number of hydrogen-bond acceptors (Lipinski definition) is 4. The van der Waals surface area contributed by atoms with Crippen LogP contribution in [0.1, 0.15) is 17.2 Å². The molecule has 1 heterocycles. The number of nitro benzene ring substituents is 1. The minimum absolute atomic E-state index is 0.106. The summed E-state index contributed by atoms with van der Waals surface area (Å²) < 4.78 is 41.5. The van der Waals surface area contributed by atoms with Crippen LogP contribution in [0.4, 0.5) is 24.5 Å². The Morgan fingerprint density at radius 3 is 2.38 bits per heavy atom. The van der Waals surface area contributed by atoms with Gasteiger partial charge in [0.05, 0.1) is 11.0 Å². The molecule has 0 aliphatic carbocycles. The van der Waals surface area contributed by atoms with Crippen LogP contribution in [0.3, 0.4) is 0 Å². The van der Waals surface area contributed by atoms with Crippen molar-refractivity contribution in [2.45, 2.75) is 17.8 Å². The highest BCUT2D eigenvalue weighted by atomic mass is 19.4. The van der Waals surface area contributed by atoms with Gasteiger partial charge in [0, 0.05) is 30.4 Å². The highest BCUT2D eigenvalue weighted by molar-refractivity contribution is 5.67. The van der Waals surface area contributed by atoms with E-state index >= 15 is 0 Å². The number of hydrogen-bond donors (Lipinski definition) is 1. The van der Waals surface area contributed by atoms with Gasteiger partial charge in [-0.25, -0.2) is 0 Å². The summed E-state index contributed by atoms with van der Waals surface area (Å²) in [6, 6.07) is 9.49. The number of non-ortho nitro benzene ring substituents is 1. The molecule has 0 radical (unpaired) electrons. The number of halogens is 3. The van der Waals surface area contributed by atoms with E-state index in [0.29, 0.717) is 0 Å². The maximum absolute atomic E-state index is 13.8.